The summed E-state index contributed by atoms with van der Waals surface area (Å²) in [4.78, 5) is 0. The molecular formula is C34H40N2. The van der Waals surface area contributed by atoms with E-state index in [1.165, 1.54) is 22.3 Å². The Morgan fingerprint density at radius 1 is 0.722 bits per heavy atom. The first-order valence-corrected chi connectivity index (χ1v) is 12.3. The minimum atomic E-state index is 0.346. The van der Waals surface area contributed by atoms with Gasteiger partial charge in [-0.2, -0.15) is 10.5 Å². The molecule has 0 heterocycles. The first-order valence-electron chi connectivity index (χ1n) is 12.3. The van der Waals surface area contributed by atoms with Crippen LogP contribution in [0.25, 0.3) is 6.08 Å². The van der Waals surface area contributed by atoms with Crippen molar-refractivity contribution in [2.75, 3.05) is 0 Å². The van der Waals surface area contributed by atoms with E-state index in [0.717, 1.165) is 11.1 Å². The van der Waals surface area contributed by atoms with Crippen LogP contribution >= 0.6 is 0 Å². The van der Waals surface area contributed by atoms with E-state index in [4.69, 9.17) is 10.5 Å². The van der Waals surface area contributed by atoms with Crippen molar-refractivity contribution in [1.29, 1.82) is 10.5 Å². The zero-order chi connectivity index (χ0) is 27.2. The van der Waals surface area contributed by atoms with Gasteiger partial charge in [-0.15, -0.1) is 0 Å². The number of rotatable bonds is 5. The lowest BCUT2D eigenvalue weighted by molar-refractivity contribution is 1.01. The predicted octanol–water partition coefficient (Wildman–Crippen LogP) is 9.64. The maximum Gasteiger partial charge on any atom is 0.0953 e. The first kappa shape index (κ1) is 31.9. The highest BCUT2D eigenvalue weighted by atomic mass is 14.3. The number of nitrogens with zero attached hydrogens (tertiary/aromatic N) is 2. The van der Waals surface area contributed by atoms with E-state index in [-0.39, 0.29) is 0 Å². The molecule has 0 aliphatic carbocycles. The molecule has 3 aromatic rings. The Bertz CT molecular complexity index is 1110. The summed E-state index contributed by atoms with van der Waals surface area (Å²) in [5.41, 5.74) is 7.64. The molecule has 0 amide bonds. The van der Waals surface area contributed by atoms with E-state index in [0.29, 0.717) is 18.4 Å². The molecule has 36 heavy (non-hydrogen) atoms. The zero-order valence-corrected chi connectivity index (χ0v) is 22.8. The van der Waals surface area contributed by atoms with Gasteiger partial charge in [-0.05, 0) is 45.3 Å². The molecule has 0 spiro atoms. The molecule has 2 nitrogen and oxygen atoms in total. The van der Waals surface area contributed by atoms with Crippen molar-refractivity contribution in [3.05, 3.63) is 137 Å². The summed E-state index contributed by atoms with van der Waals surface area (Å²) >= 11 is 0. The van der Waals surface area contributed by atoms with Gasteiger partial charge in [0.05, 0.1) is 12.1 Å². The minimum absolute atomic E-state index is 0.346. The monoisotopic (exact) mass is 476 g/mol. The fourth-order valence-corrected chi connectivity index (χ4v) is 2.77. The molecular weight excluding hydrogens is 436 g/mol. The number of allylic oxidation sites excluding steroid dienone is 4. The molecule has 0 saturated heterocycles. The molecule has 0 aromatic heterocycles. The molecule has 0 aliphatic heterocycles. The van der Waals surface area contributed by atoms with Gasteiger partial charge in [0.15, 0.2) is 0 Å². The molecule has 0 saturated carbocycles. The van der Waals surface area contributed by atoms with Crippen LogP contribution in [0.5, 0.6) is 0 Å². The summed E-state index contributed by atoms with van der Waals surface area (Å²) in [6, 6.07) is 31.1. The van der Waals surface area contributed by atoms with E-state index in [1.54, 1.807) is 6.08 Å². The third kappa shape index (κ3) is 14.9. The van der Waals surface area contributed by atoms with Gasteiger partial charge < -0.3 is 0 Å². The molecule has 0 bridgehead atoms. The average molecular weight is 477 g/mol. The van der Waals surface area contributed by atoms with Crippen LogP contribution in [-0.2, 0) is 0 Å². The van der Waals surface area contributed by atoms with Gasteiger partial charge in [0.1, 0.15) is 0 Å². The van der Waals surface area contributed by atoms with Gasteiger partial charge in [0.25, 0.3) is 0 Å². The van der Waals surface area contributed by atoms with Crippen molar-refractivity contribution in [2.45, 2.75) is 54.4 Å². The number of benzene rings is 3. The zero-order valence-electron chi connectivity index (χ0n) is 22.8. The normalized spacial score (nSPS) is 10.0. The van der Waals surface area contributed by atoms with Gasteiger partial charge >= 0.3 is 0 Å². The molecule has 0 aliphatic rings. The van der Waals surface area contributed by atoms with Crippen molar-refractivity contribution in [3.8, 4) is 12.1 Å². The van der Waals surface area contributed by atoms with Crippen LogP contribution in [-0.4, -0.2) is 0 Å². The van der Waals surface area contributed by atoms with Crippen molar-refractivity contribution in [2.24, 2.45) is 0 Å². The van der Waals surface area contributed by atoms with Crippen molar-refractivity contribution < 1.29 is 0 Å². The van der Waals surface area contributed by atoms with Crippen LogP contribution in [0, 0.1) is 50.4 Å². The van der Waals surface area contributed by atoms with E-state index in [1.807, 2.05) is 81.5 Å². The quantitative estimate of drug-likeness (QED) is 0.272. The van der Waals surface area contributed by atoms with Gasteiger partial charge in [-0.25, -0.2) is 0 Å². The number of nitriles is 2. The van der Waals surface area contributed by atoms with Crippen LogP contribution < -0.4 is 0 Å². The number of hydrogen-bond donors (Lipinski definition) is 0. The Balaban J connectivity index is 0.000000586. The summed E-state index contributed by atoms with van der Waals surface area (Å²) in [6.07, 6.45) is 6.28. The van der Waals surface area contributed by atoms with Gasteiger partial charge in [0.2, 0.25) is 0 Å². The molecule has 0 atom stereocenters. The third-order valence-electron chi connectivity index (χ3n) is 4.88. The van der Waals surface area contributed by atoms with Crippen LogP contribution in [0.3, 0.4) is 0 Å². The fraction of sp³-hybridized carbons (Fsp3) is 0.235. The summed E-state index contributed by atoms with van der Waals surface area (Å²) < 4.78 is 0. The Morgan fingerprint density at radius 3 is 1.53 bits per heavy atom. The SMILES string of the molecule is C=C/C(C=Cc1ccc(C)cc1)=C(/C#N)CCC#N.CC.Cc1ccc(C)cc1.Cc1ccccc1. The van der Waals surface area contributed by atoms with Crippen molar-refractivity contribution in [3.63, 3.8) is 0 Å². The Labute approximate surface area is 219 Å². The molecule has 2 heteroatoms. The van der Waals surface area contributed by atoms with Crippen molar-refractivity contribution in [1.82, 2.24) is 0 Å². The van der Waals surface area contributed by atoms with Crippen molar-refractivity contribution >= 4 is 6.08 Å². The highest BCUT2D eigenvalue weighted by Crippen LogP contribution is 2.15. The van der Waals surface area contributed by atoms with Crippen LogP contribution in [0.15, 0.2) is 109 Å². The summed E-state index contributed by atoms with van der Waals surface area (Å²) in [6.45, 7) is 16.0. The molecule has 3 rings (SSSR count). The second-order valence-corrected chi connectivity index (χ2v) is 7.96. The lowest BCUT2D eigenvalue weighted by Gasteiger charge is -2.00. The summed E-state index contributed by atoms with van der Waals surface area (Å²) in [7, 11) is 0. The first-order chi connectivity index (χ1) is 17.4. The lowest BCUT2D eigenvalue weighted by Crippen LogP contribution is -1.85. The van der Waals surface area contributed by atoms with Gasteiger partial charge in [-0.3, -0.25) is 0 Å². The molecule has 0 radical (unpaired) electrons. The van der Waals surface area contributed by atoms with E-state index in [9.17, 15) is 0 Å². The Morgan fingerprint density at radius 2 is 1.17 bits per heavy atom. The smallest absolute Gasteiger partial charge is 0.0953 e. The standard InChI is InChI=1S/C17H16N2.C8H10.C7H8.C2H6/c1-3-16(17(13-19)5-4-12-18)11-10-15-8-6-14(2)7-9-15;1-7-3-5-8(2)6-4-7;1-7-5-3-2-4-6-7;1-2/h3,6-11H,1,4-5H2,2H3;3-6H,1-2H3;2-6H,1H3;1-2H3/b11-10?,17-16-;;;. The highest BCUT2D eigenvalue weighted by Gasteiger charge is 2.00. The van der Waals surface area contributed by atoms with E-state index < -0.39 is 0 Å². The van der Waals surface area contributed by atoms with Crippen LogP contribution in [0.2, 0.25) is 0 Å². The topological polar surface area (TPSA) is 47.6 Å². The predicted molar refractivity (Wildman–Crippen MR) is 156 cm³/mol. The minimum Gasteiger partial charge on any atom is -0.198 e. The second kappa shape index (κ2) is 20.3. The maximum absolute atomic E-state index is 9.09. The average Bonchev–Trinajstić information content (AvgIpc) is 2.91. The molecule has 186 valence electrons. The molecule has 0 unspecified atom stereocenters. The number of aryl methyl sites for hydroxylation is 4. The summed E-state index contributed by atoms with van der Waals surface area (Å²) in [5.74, 6) is 0. The molecule has 0 fully saturated rings. The highest BCUT2D eigenvalue weighted by molar-refractivity contribution is 5.57. The van der Waals surface area contributed by atoms with E-state index >= 15 is 0 Å². The second-order valence-electron chi connectivity index (χ2n) is 7.96. The third-order valence-corrected chi connectivity index (χ3v) is 4.88. The van der Waals surface area contributed by atoms with Crippen LogP contribution in [0.1, 0.15) is 54.5 Å². The number of hydrogen-bond acceptors (Lipinski definition) is 2. The van der Waals surface area contributed by atoms with Crippen LogP contribution in [0.4, 0.5) is 0 Å². The lowest BCUT2D eigenvalue weighted by atomic mass is 10.0. The fourth-order valence-electron chi connectivity index (χ4n) is 2.77. The van der Waals surface area contributed by atoms with E-state index in [2.05, 4.69) is 69.8 Å². The van der Waals surface area contributed by atoms with Gasteiger partial charge in [-0.1, -0.05) is 140 Å². The Hall–Kier alpha value is -4.14. The largest absolute Gasteiger partial charge is 0.198 e. The summed E-state index contributed by atoms with van der Waals surface area (Å²) in [5, 5.41) is 17.7. The maximum atomic E-state index is 9.09. The molecule has 3 aromatic carbocycles. The van der Waals surface area contributed by atoms with Gasteiger partial charge in [0, 0.05) is 12.0 Å². The Kier molecular flexibility index (Phi) is 17.9. The molecule has 0 N–H and O–H groups in total.